The van der Waals surface area contributed by atoms with Crippen LogP contribution in [0, 0.1) is 0 Å². The topological polar surface area (TPSA) is 94.4 Å². The molecule has 1 aromatic rings. The maximum atomic E-state index is 13.3. The third kappa shape index (κ3) is 4.87. The van der Waals surface area contributed by atoms with Crippen molar-refractivity contribution in [3.8, 4) is 0 Å². The summed E-state index contributed by atoms with van der Waals surface area (Å²) in [6, 6.07) is 4.46. The van der Waals surface area contributed by atoms with Gasteiger partial charge in [0.1, 0.15) is 0 Å². The number of carbonyl (C=O) groups is 2. The zero-order valence-corrected chi connectivity index (χ0v) is 16.6. The molecule has 13 heteroatoms. The molecule has 3 aliphatic heterocycles. The molecule has 3 aliphatic rings. The number of nitrogens with zero attached hydrogens (tertiary/aromatic N) is 3. The Bertz CT molecular complexity index is 909. The Balaban J connectivity index is 0.000000360. The first-order valence-corrected chi connectivity index (χ1v) is 9.81. The molecule has 2 N–H and O–H groups in total. The Kier molecular flexibility index (Phi) is 6.50. The van der Waals surface area contributed by atoms with Gasteiger partial charge in [0.25, 0.3) is 5.91 Å². The van der Waals surface area contributed by atoms with E-state index in [2.05, 4.69) is 15.5 Å². The molecule has 1 unspecified atom stereocenters. The molecular weight excluding hydrogens is 446 g/mol. The van der Waals surface area contributed by atoms with Crippen molar-refractivity contribution in [2.24, 2.45) is 10.2 Å². The number of carboxylic acids is 1. The smallest absolute Gasteiger partial charge is 0.475 e. The fraction of sp³-hybridized carbons (Fsp3) is 0.579. The second kappa shape index (κ2) is 8.68. The Hall–Kier alpha value is -2.70. The lowest BCUT2D eigenvalue weighted by Gasteiger charge is -2.30. The van der Waals surface area contributed by atoms with E-state index < -0.39 is 30.0 Å². The molecule has 0 aromatic heterocycles. The van der Waals surface area contributed by atoms with Crippen molar-refractivity contribution in [1.82, 2.24) is 10.2 Å². The predicted molar refractivity (Wildman–Crippen MR) is 98.1 cm³/mol. The second-order valence-electron chi connectivity index (χ2n) is 7.62. The quantitative estimate of drug-likeness (QED) is 0.654. The fourth-order valence-electron chi connectivity index (χ4n) is 3.89. The van der Waals surface area contributed by atoms with Crippen molar-refractivity contribution in [2.75, 3.05) is 19.6 Å². The van der Waals surface area contributed by atoms with Crippen molar-refractivity contribution < 1.29 is 41.0 Å². The highest BCUT2D eigenvalue weighted by Gasteiger charge is 2.70. The van der Waals surface area contributed by atoms with Crippen molar-refractivity contribution in [3.63, 3.8) is 0 Å². The van der Waals surface area contributed by atoms with E-state index in [0.717, 1.165) is 31.5 Å². The molecule has 176 valence electrons. The van der Waals surface area contributed by atoms with E-state index in [4.69, 9.17) is 9.90 Å². The van der Waals surface area contributed by atoms with Crippen LogP contribution < -0.4 is 5.32 Å². The molecular formula is C19H20F6N4O3. The summed E-state index contributed by atoms with van der Waals surface area (Å²) in [7, 11) is 0. The van der Waals surface area contributed by atoms with E-state index in [-0.39, 0.29) is 12.3 Å². The zero-order chi connectivity index (χ0) is 23.7. The van der Waals surface area contributed by atoms with Crippen molar-refractivity contribution in [1.29, 1.82) is 0 Å². The predicted octanol–water partition coefficient (Wildman–Crippen LogP) is 3.34. The average Bonchev–Trinajstić information content (AvgIpc) is 3.44. The first-order chi connectivity index (χ1) is 14.9. The Morgan fingerprint density at radius 2 is 1.66 bits per heavy atom. The molecule has 1 atom stereocenters. The van der Waals surface area contributed by atoms with Gasteiger partial charge in [-0.3, -0.25) is 4.79 Å². The number of benzene rings is 1. The normalized spacial score (nSPS) is 21.8. The van der Waals surface area contributed by atoms with E-state index in [0.29, 0.717) is 18.5 Å². The lowest BCUT2D eigenvalue weighted by Crippen LogP contribution is -2.52. The summed E-state index contributed by atoms with van der Waals surface area (Å²) in [5, 5.41) is 17.0. The van der Waals surface area contributed by atoms with Crippen LogP contribution in [0.2, 0.25) is 0 Å². The molecule has 0 radical (unpaired) electrons. The van der Waals surface area contributed by atoms with Crippen LogP contribution in [0.5, 0.6) is 0 Å². The molecule has 0 saturated carbocycles. The molecule has 1 saturated heterocycles. The number of nitrogens with one attached hydrogen (secondary N) is 1. The largest absolute Gasteiger partial charge is 0.490 e. The third-order valence-corrected chi connectivity index (χ3v) is 5.55. The average molecular weight is 466 g/mol. The van der Waals surface area contributed by atoms with E-state index in [1.54, 1.807) is 6.07 Å². The number of hydrogen-bond donors (Lipinski definition) is 2. The third-order valence-electron chi connectivity index (χ3n) is 5.55. The summed E-state index contributed by atoms with van der Waals surface area (Å²) in [5.74, 6) is -3.11. The molecule has 7 nitrogen and oxygen atoms in total. The number of amides is 1. The number of alkyl halides is 6. The van der Waals surface area contributed by atoms with Crippen molar-refractivity contribution in [3.05, 3.63) is 34.9 Å². The maximum Gasteiger partial charge on any atom is 0.490 e. The summed E-state index contributed by atoms with van der Waals surface area (Å²) in [6.45, 7) is 2.04. The van der Waals surface area contributed by atoms with Gasteiger partial charge >= 0.3 is 24.0 Å². The number of hydrogen-bond acceptors (Lipinski definition) is 5. The minimum absolute atomic E-state index is 0.271. The van der Waals surface area contributed by atoms with Crippen LogP contribution in [0.25, 0.3) is 0 Å². The van der Waals surface area contributed by atoms with Crippen LogP contribution in [0.4, 0.5) is 26.3 Å². The van der Waals surface area contributed by atoms with Gasteiger partial charge in [0.15, 0.2) is 0 Å². The number of fused-ring (bicyclic) bond motifs is 1. The van der Waals surface area contributed by atoms with Gasteiger partial charge in [-0.1, -0.05) is 6.07 Å². The van der Waals surface area contributed by atoms with Crippen LogP contribution in [-0.2, 0) is 17.6 Å². The van der Waals surface area contributed by atoms with Gasteiger partial charge in [-0.25, -0.2) is 4.79 Å². The molecule has 0 spiro atoms. The number of halogens is 6. The highest BCUT2D eigenvalue weighted by atomic mass is 19.4. The van der Waals surface area contributed by atoms with E-state index >= 15 is 0 Å². The second-order valence-corrected chi connectivity index (χ2v) is 7.62. The van der Waals surface area contributed by atoms with Crippen LogP contribution in [0.3, 0.4) is 0 Å². The van der Waals surface area contributed by atoms with E-state index in [1.807, 2.05) is 12.1 Å². The molecule has 0 aliphatic carbocycles. The van der Waals surface area contributed by atoms with Gasteiger partial charge in [-0.15, -0.1) is 10.2 Å². The number of aliphatic carboxylic acids is 1. The summed E-state index contributed by atoms with van der Waals surface area (Å²) < 4.78 is 71.7. The highest BCUT2D eigenvalue weighted by Crippen LogP contribution is 2.51. The summed E-state index contributed by atoms with van der Waals surface area (Å²) in [5.41, 5.74) is 0.330. The van der Waals surface area contributed by atoms with Gasteiger partial charge in [0, 0.05) is 12.1 Å². The molecule has 32 heavy (non-hydrogen) atoms. The summed E-state index contributed by atoms with van der Waals surface area (Å²) >= 11 is 0. The highest BCUT2D eigenvalue weighted by molar-refractivity contribution is 5.95. The Labute approximate surface area is 178 Å². The first-order valence-electron chi connectivity index (χ1n) is 9.81. The van der Waals surface area contributed by atoms with Crippen molar-refractivity contribution in [2.45, 2.75) is 49.7 Å². The molecule has 4 rings (SSSR count). The maximum absolute atomic E-state index is 13.3. The standard InChI is InChI=1S/C17H19F3N4O.C2HF3O2/c18-17(19,20)16(22-23-16)14-2-1-9-24(14)15(25)13-4-3-11-5-7-21-8-6-12(11)10-13;3-2(4,5)1(6)7/h3-4,10,14,21H,1-2,5-9H2;(H,6,7). The number of likely N-dealkylation sites (tertiary alicyclic amines) is 1. The number of rotatable bonds is 2. The van der Waals surface area contributed by atoms with Crippen LogP contribution in [-0.4, -0.2) is 65.6 Å². The monoisotopic (exact) mass is 466 g/mol. The molecule has 1 aromatic carbocycles. The Morgan fingerprint density at radius 1 is 1.06 bits per heavy atom. The molecule has 1 fully saturated rings. The molecule has 0 bridgehead atoms. The zero-order valence-electron chi connectivity index (χ0n) is 16.6. The molecule has 3 heterocycles. The first kappa shape index (κ1) is 24.0. The minimum Gasteiger partial charge on any atom is -0.475 e. The minimum atomic E-state index is -5.08. The van der Waals surface area contributed by atoms with Crippen LogP contribution in [0.1, 0.15) is 34.3 Å². The number of carbonyl (C=O) groups excluding carboxylic acids is 1. The summed E-state index contributed by atoms with van der Waals surface area (Å²) in [4.78, 5) is 23.1. The van der Waals surface area contributed by atoms with Gasteiger partial charge < -0.3 is 15.3 Å². The summed E-state index contributed by atoms with van der Waals surface area (Å²) in [6.07, 6.45) is -7.12. The van der Waals surface area contributed by atoms with Crippen molar-refractivity contribution >= 4 is 11.9 Å². The van der Waals surface area contributed by atoms with Gasteiger partial charge in [-0.2, -0.15) is 26.3 Å². The lowest BCUT2D eigenvalue weighted by molar-refractivity contribution is -0.192. The Morgan fingerprint density at radius 3 is 2.19 bits per heavy atom. The van der Waals surface area contributed by atoms with Gasteiger partial charge in [-0.05, 0) is 62.0 Å². The van der Waals surface area contributed by atoms with Crippen LogP contribution in [0.15, 0.2) is 28.4 Å². The molecule has 1 amide bonds. The van der Waals surface area contributed by atoms with Gasteiger partial charge in [0.2, 0.25) is 0 Å². The lowest BCUT2D eigenvalue weighted by atomic mass is 9.98. The fourth-order valence-corrected chi connectivity index (χ4v) is 3.89. The van der Waals surface area contributed by atoms with Gasteiger partial charge in [0.05, 0.1) is 6.04 Å². The van der Waals surface area contributed by atoms with E-state index in [9.17, 15) is 31.1 Å². The number of carboxylic acid groups (broad SMARTS) is 1. The SMILES string of the molecule is O=C(O)C(F)(F)F.O=C(c1ccc2c(c1)CCNCC2)N1CCCC1C1(C(F)(F)F)N=N1. The van der Waals surface area contributed by atoms with E-state index in [1.165, 1.54) is 10.5 Å². The van der Waals surface area contributed by atoms with Crippen LogP contribution >= 0.6 is 0 Å².